The van der Waals surface area contributed by atoms with Crippen molar-refractivity contribution in [3.05, 3.63) is 157 Å². The molecule has 9 aromatic rings. The topological polar surface area (TPSA) is 69.6 Å². The fraction of sp³-hybridized carbons (Fsp3) is 0.245. The van der Waals surface area contributed by atoms with Crippen LogP contribution in [0.15, 0.2) is 132 Å². The Morgan fingerprint density at radius 2 is 1.41 bits per heavy atom. The van der Waals surface area contributed by atoms with E-state index in [0.717, 1.165) is 67.9 Å². The molecule has 0 fully saturated rings. The van der Waals surface area contributed by atoms with E-state index in [-0.39, 0.29) is 31.9 Å². The van der Waals surface area contributed by atoms with Crippen molar-refractivity contribution in [2.45, 2.75) is 79.4 Å². The zero-order chi connectivity index (χ0) is 42.1. The third-order valence-corrected chi connectivity index (χ3v) is 13.1. The zero-order valence-electron chi connectivity index (χ0n) is 36.5. The first-order valence-electron chi connectivity index (χ1n) is 21.1. The first-order valence-corrected chi connectivity index (χ1v) is 24.6. The van der Waals surface area contributed by atoms with Gasteiger partial charge in [-0.15, -0.1) is 54.1 Å². The smallest absolute Gasteiger partial charge is 0.158 e. The van der Waals surface area contributed by atoms with Crippen molar-refractivity contribution >= 4 is 46.4 Å². The van der Waals surface area contributed by atoms with Gasteiger partial charge in [-0.3, -0.25) is 4.98 Å². The molecule has 4 aromatic heterocycles. The monoisotopic (exact) mass is 996 g/mol. The molecule has 0 bridgehead atoms. The first-order chi connectivity index (χ1) is 28.9. The van der Waals surface area contributed by atoms with Gasteiger partial charge in [0.25, 0.3) is 0 Å². The minimum absolute atomic E-state index is 0. The molecular formula is C53H53IrN5OSi-2. The maximum absolute atomic E-state index is 6.44. The van der Waals surface area contributed by atoms with Gasteiger partial charge in [0.1, 0.15) is 17.4 Å². The van der Waals surface area contributed by atoms with Crippen LogP contribution in [-0.4, -0.2) is 32.6 Å². The first kappa shape index (κ1) is 43.6. The van der Waals surface area contributed by atoms with Crippen LogP contribution in [0.5, 0.6) is 0 Å². The van der Waals surface area contributed by atoms with Crippen LogP contribution in [-0.2, 0) is 26.5 Å². The molecule has 8 heteroatoms. The molecule has 0 aliphatic heterocycles. The predicted molar refractivity (Wildman–Crippen MR) is 252 cm³/mol. The molecule has 9 rings (SSSR count). The van der Waals surface area contributed by atoms with Gasteiger partial charge in [0.05, 0.1) is 25.7 Å². The maximum Gasteiger partial charge on any atom is 0.158 e. The minimum Gasteiger partial charge on any atom is -0.501 e. The van der Waals surface area contributed by atoms with Gasteiger partial charge >= 0.3 is 0 Å². The predicted octanol–water partition coefficient (Wildman–Crippen LogP) is 13.4. The number of aromatic nitrogens is 5. The standard InChI is InChI=1S/C35H29N4O.C18H24NSi.Ir/c1-21(2)28-17-24(23-11-6-5-7-12-23)18-29(22(3)4)32(28)39-34(38-30-19-36-20-37-35(30)39)27-15-10-14-26-25-13-8-9-16-31(25)40-33(26)27;1-14(2)11-16-12-17(15-9-7-6-8-10-15)19-13-18(16)20(3,4)5;/h5-14,16-22H,1-4H3;6-9,12-14H,11H2,1-5H3;/q2*-1;. The fourth-order valence-electron chi connectivity index (χ4n) is 8.16. The summed E-state index contributed by atoms with van der Waals surface area (Å²) in [5, 5.41) is 3.61. The molecule has 6 nitrogen and oxygen atoms in total. The molecule has 0 spiro atoms. The molecule has 61 heavy (non-hydrogen) atoms. The average molecular weight is 996 g/mol. The Kier molecular flexibility index (Phi) is 13.0. The molecule has 0 saturated heterocycles. The third-order valence-electron chi connectivity index (χ3n) is 11.0. The largest absolute Gasteiger partial charge is 0.501 e. The van der Waals surface area contributed by atoms with Crippen LogP contribution in [0.3, 0.4) is 0 Å². The number of rotatable bonds is 9. The van der Waals surface area contributed by atoms with E-state index >= 15 is 0 Å². The van der Waals surface area contributed by atoms with E-state index in [2.05, 4.69) is 161 Å². The number of hydrogen-bond donors (Lipinski definition) is 0. The molecule has 0 N–H and O–H groups in total. The van der Waals surface area contributed by atoms with Crippen LogP contribution in [0.4, 0.5) is 0 Å². The van der Waals surface area contributed by atoms with Gasteiger partial charge in [-0.1, -0.05) is 132 Å². The summed E-state index contributed by atoms with van der Waals surface area (Å²) in [6, 6.07) is 44.5. The third kappa shape index (κ3) is 8.94. The van der Waals surface area contributed by atoms with Crippen LogP contribution in [0, 0.1) is 18.1 Å². The minimum atomic E-state index is -1.34. The van der Waals surface area contributed by atoms with Crippen molar-refractivity contribution in [1.82, 2.24) is 24.5 Å². The van der Waals surface area contributed by atoms with Crippen molar-refractivity contribution in [1.29, 1.82) is 0 Å². The van der Waals surface area contributed by atoms with Crippen LogP contribution in [0.25, 0.3) is 72.6 Å². The summed E-state index contributed by atoms with van der Waals surface area (Å²) in [6.45, 7) is 20.7. The van der Waals surface area contributed by atoms with Crippen LogP contribution < -0.4 is 5.19 Å². The SMILES string of the molecule is CC(C)Cc1cc(-c2[c-]cccc2)ncc1[Si](C)(C)C.CC(C)c1cc(-c2ccccc2)cc(C(C)C)c1-n1c(-c2[c-]ccc3c2oc2ccccc23)nc2cncnc21.[Ir]. The van der Waals surface area contributed by atoms with Gasteiger partial charge in [0.2, 0.25) is 0 Å². The number of fused-ring (bicyclic) bond motifs is 4. The zero-order valence-corrected chi connectivity index (χ0v) is 39.9. The number of para-hydroxylation sites is 1. The van der Waals surface area contributed by atoms with E-state index in [9.17, 15) is 0 Å². The maximum atomic E-state index is 6.44. The Morgan fingerprint density at radius 3 is 2.08 bits per heavy atom. The van der Waals surface area contributed by atoms with Crippen LogP contribution in [0.1, 0.15) is 70.1 Å². The van der Waals surface area contributed by atoms with Crippen molar-refractivity contribution in [2.75, 3.05) is 0 Å². The van der Waals surface area contributed by atoms with Crippen molar-refractivity contribution in [2.24, 2.45) is 5.92 Å². The number of furan rings is 1. The summed E-state index contributed by atoms with van der Waals surface area (Å²) in [4.78, 5) is 18.8. The molecule has 0 aliphatic rings. The second-order valence-corrected chi connectivity index (χ2v) is 22.8. The van der Waals surface area contributed by atoms with Gasteiger partial charge in [-0.25, -0.2) is 9.97 Å². The Hall–Kier alpha value is -5.53. The van der Waals surface area contributed by atoms with Gasteiger partial charge < -0.3 is 14.0 Å². The van der Waals surface area contributed by atoms with Crippen LogP contribution in [0.2, 0.25) is 19.6 Å². The molecule has 0 unspecified atom stereocenters. The molecule has 0 atom stereocenters. The second-order valence-electron chi connectivity index (χ2n) is 17.7. The summed E-state index contributed by atoms with van der Waals surface area (Å²) in [5.41, 5.74) is 13.5. The summed E-state index contributed by atoms with van der Waals surface area (Å²) in [6.07, 6.45) is 6.61. The molecule has 5 aromatic carbocycles. The molecule has 0 saturated carbocycles. The van der Waals surface area contributed by atoms with E-state index in [0.29, 0.717) is 5.92 Å². The Bertz CT molecular complexity index is 2900. The molecular weight excluding hydrogens is 943 g/mol. The summed E-state index contributed by atoms with van der Waals surface area (Å²) in [7, 11) is -1.34. The molecule has 4 heterocycles. The molecule has 0 aliphatic carbocycles. The number of hydrogen-bond acceptors (Lipinski definition) is 5. The summed E-state index contributed by atoms with van der Waals surface area (Å²) >= 11 is 0. The van der Waals surface area contributed by atoms with E-state index in [4.69, 9.17) is 14.4 Å². The van der Waals surface area contributed by atoms with Gasteiger partial charge in [-0.05, 0) is 75.5 Å². The van der Waals surface area contributed by atoms with E-state index < -0.39 is 8.07 Å². The van der Waals surface area contributed by atoms with Gasteiger partial charge in [-0.2, -0.15) is 0 Å². The van der Waals surface area contributed by atoms with Crippen LogP contribution >= 0.6 is 0 Å². The van der Waals surface area contributed by atoms with Crippen molar-refractivity contribution in [3.63, 3.8) is 0 Å². The Labute approximate surface area is 374 Å². The molecule has 0 amide bonds. The Balaban J connectivity index is 0.000000226. The average Bonchev–Trinajstić information content (AvgIpc) is 3.82. The number of nitrogens with zero attached hydrogens (tertiary/aromatic N) is 5. The van der Waals surface area contributed by atoms with Crippen molar-refractivity contribution < 1.29 is 24.5 Å². The number of pyridine rings is 1. The van der Waals surface area contributed by atoms with E-state index in [1.165, 1.54) is 33.0 Å². The van der Waals surface area contributed by atoms with E-state index in [1.54, 1.807) is 12.5 Å². The fourth-order valence-corrected chi connectivity index (χ4v) is 9.75. The molecule has 311 valence electrons. The second kappa shape index (κ2) is 18.2. The molecule has 1 radical (unpaired) electrons. The number of benzene rings is 5. The van der Waals surface area contributed by atoms with Gasteiger partial charge in [0.15, 0.2) is 5.65 Å². The van der Waals surface area contributed by atoms with E-state index in [1.807, 2.05) is 42.5 Å². The Morgan fingerprint density at radius 1 is 0.705 bits per heavy atom. The number of imidazole rings is 1. The summed E-state index contributed by atoms with van der Waals surface area (Å²) < 4.78 is 8.64. The van der Waals surface area contributed by atoms with Crippen molar-refractivity contribution in [3.8, 4) is 39.5 Å². The quantitative estimate of drug-likeness (QED) is 0.106. The summed E-state index contributed by atoms with van der Waals surface area (Å²) in [5.74, 6) is 1.93. The van der Waals surface area contributed by atoms with Gasteiger partial charge in [0, 0.05) is 37.4 Å². The normalized spacial score (nSPS) is 11.7.